The monoisotopic (exact) mass is 290 g/mol. The van der Waals surface area contributed by atoms with E-state index >= 15 is 0 Å². The van der Waals surface area contributed by atoms with Crippen molar-refractivity contribution in [3.63, 3.8) is 0 Å². The molecule has 16 heavy (non-hydrogen) atoms. The standard InChI is InChI=1S/C11H5Cl3OS/c12-9-2-6(3-10(13)11(9)14)7-1-8(4-15)16-5-7/h1-5H. The van der Waals surface area contributed by atoms with Crippen molar-refractivity contribution in [2.45, 2.75) is 0 Å². The summed E-state index contributed by atoms with van der Waals surface area (Å²) >= 11 is 19.1. The Morgan fingerprint density at radius 2 is 1.62 bits per heavy atom. The van der Waals surface area contributed by atoms with Crippen molar-refractivity contribution in [2.24, 2.45) is 0 Å². The molecule has 0 saturated carbocycles. The molecule has 2 rings (SSSR count). The third kappa shape index (κ3) is 2.25. The van der Waals surface area contributed by atoms with Crippen LogP contribution in [0.1, 0.15) is 9.67 Å². The lowest BCUT2D eigenvalue weighted by molar-refractivity contribution is 0.112. The van der Waals surface area contributed by atoms with E-state index < -0.39 is 0 Å². The van der Waals surface area contributed by atoms with Gasteiger partial charge in [-0.1, -0.05) is 34.8 Å². The summed E-state index contributed by atoms with van der Waals surface area (Å²) in [6.07, 6.45) is 0.813. The van der Waals surface area contributed by atoms with Gasteiger partial charge < -0.3 is 0 Å². The Kier molecular flexibility index (Phi) is 3.55. The van der Waals surface area contributed by atoms with Gasteiger partial charge in [0, 0.05) is 0 Å². The van der Waals surface area contributed by atoms with Gasteiger partial charge in [0.1, 0.15) is 0 Å². The summed E-state index contributed by atoms with van der Waals surface area (Å²) in [7, 11) is 0. The van der Waals surface area contributed by atoms with Gasteiger partial charge in [-0.15, -0.1) is 11.3 Å². The Labute approximate surface area is 112 Å². The first kappa shape index (κ1) is 11.9. The van der Waals surface area contributed by atoms with Crippen molar-refractivity contribution in [1.29, 1.82) is 0 Å². The zero-order chi connectivity index (χ0) is 11.7. The first-order valence-electron chi connectivity index (χ1n) is 4.30. The lowest BCUT2D eigenvalue weighted by atomic mass is 10.1. The number of rotatable bonds is 2. The molecule has 0 amide bonds. The van der Waals surface area contributed by atoms with Crippen molar-refractivity contribution in [3.05, 3.63) is 43.5 Å². The second-order valence-corrected chi connectivity index (χ2v) is 5.24. The molecule has 1 aromatic heterocycles. The van der Waals surface area contributed by atoms with Crippen molar-refractivity contribution in [3.8, 4) is 11.1 Å². The predicted octanol–water partition coefficient (Wildman–Crippen LogP) is 5.19. The van der Waals surface area contributed by atoms with Crippen LogP contribution in [0.3, 0.4) is 0 Å². The molecular weight excluding hydrogens is 287 g/mol. The highest BCUT2D eigenvalue weighted by Gasteiger charge is 2.08. The van der Waals surface area contributed by atoms with Crippen LogP contribution >= 0.6 is 46.1 Å². The van der Waals surface area contributed by atoms with Gasteiger partial charge in [-0.3, -0.25) is 4.79 Å². The summed E-state index contributed by atoms with van der Waals surface area (Å²) < 4.78 is 0. The molecule has 0 atom stereocenters. The van der Waals surface area contributed by atoms with Gasteiger partial charge >= 0.3 is 0 Å². The molecule has 0 spiro atoms. The molecule has 0 aliphatic carbocycles. The Hall–Kier alpha value is -0.540. The fourth-order valence-electron chi connectivity index (χ4n) is 1.29. The number of thiophene rings is 1. The first-order valence-corrected chi connectivity index (χ1v) is 6.32. The molecule has 0 aliphatic heterocycles. The third-order valence-corrected chi connectivity index (χ3v) is 4.11. The molecule has 0 unspecified atom stereocenters. The number of halogens is 3. The number of aldehydes is 1. The molecule has 2 aromatic rings. The van der Waals surface area contributed by atoms with Gasteiger partial charge in [0.05, 0.1) is 19.9 Å². The highest BCUT2D eigenvalue weighted by Crippen LogP contribution is 2.36. The minimum absolute atomic E-state index is 0.345. The first-order chi connectivity index (χ1) is 7.61. The minimum atomic E-state index is 0.345. The summed E-state index contributed by atoms with van der Waals surface area (Å²) in [5, 5.41) is 3.03. The van der Waals surface area contributed by atoms with E-state index in [0.29, 0.717) is 19.9 Å². The number of hydrogen-bond acceptors (Lipinski definition) is 2. The van der Waals surface area contributed by atoms with Crippen molar-refractivity contribution < 1.29 is 4.79 Å². The molecule has 0 saturated heterocycles. The number of benzene rings is 1. The Morgan fingerprint density at radius 1 is 1.00 bits per heavy atom. The van der Waals surface area contributed by atoms with Crippen LogP contribution in [0.4, 0.5) is 0 Å². The van der Waals surface area contributed by atoms with E-state index in [1.807, 2.05) is 5.38 Å². The summed E-state index contributed by atoms with van der Waals surface area (Å²) in [5.74, 6) is 0. The van der Waals surface area contributed by atoms with Gasteiger partial charge in [-0.05, 0) is 34.7 Å². The van der Waals surface area contributed by atoms with Crippen LogP contribution in [0.5, 0.6) is 0 Å². The molecule has 5 heteroatoms. The van der Waals surface area contributed by atoms with Gasteiger partial charge in [0.15, 0.2) is 6.29 Å². The molecule has 0 radical (unpaired) electrons. The molecule has 82 valence electrons. The number of carbonyl (C=O) groups excluding carboxylic acids is 1. The maximum absolute atomic E-state index is 10.6. The third-order valence-electron chi connectivity index (χ3n) is 2.05. The maximum atomic E-state index is 10.6. The van der Waals surface area contributed by atoms with Gasteiger partial charge in [0.25, 0.3) is 0 Å². The zero-order valence-corrected chi connectivity index (χ0v) is 10.9. The predicted molar refractivity (Wildman–Crippen MR) is 70.2 cm³/mol. The van der Waals surface area contributed by atoms with Crippen LogP contribution in [-0.2, 0) is 0 Å². The zero-order valence-electron chi connectivity index (χ0n) is 7.84. The highest BCUT2D eigenvalue weighted by atomic mass is 35.5. The maximum Gasteiger partial charge on any atom is 0.160 e. The Balaban J connectivity index is 2.52. The molecule has 1 nitrogen and oxygen atoms in total. The molecular formula is C11H5Cl3OS. The average molecular weight is 292 g/mol. The van der Waals surface area contributed by atoms with E-state index in [0.717, 1.165) is 17.4 Å². The Bertz CT molecular complexity index is 525. The summed E-state index contributed by atoms with van der Waals surface area (Å²) in [6, 6.07) is 5.24. The average Bonchev–Trinajstić information content (AvgIpc) is 2.73. The molecule has 1 aromatic carbocycles. The van der Waals surface area contributed by atoms with Crippen molar-refractivity contribution in [1.82, 2.24) is 0 Å². The minimum Gasteiger partial charge on any atom is -0.297 e. The summed E-state index contributed by atoms with van der Waals surface area (Å²) in [4.78, 5) is 11.2. The van der Waals surface area contributed by atoms with E-state index in [1.165, 1.54) is 11.3 Å². The van der Waals surface area contributed by atoms with Crippen LogP contribution < -0.4 is 0 Å². The fraction of sp³-hybridized carbons (Fsp3) is 0. The fourth-order valence-corrected chi connectivity index (χ4v) is 2.60. The summed E-state index contributed by atoms with van der Waals surface area (Å²) in [6.45, 7) is 0. The van der Waals surface area contributed by atoms with Crippen LogP contribution in [-0.4, -0.2) is 6.29 Å². The van der Waals surface area contributed by atoms with E-state index in [2.05, 4.69) is 0 Å². The number of carbonyl (C=O) groups is 1. The smallest absolute Gasteiger partial charge is 0.160 e. The van der Waals surface area contributed by atoms with Gasteiger partial charge in [-0.2, -0.15) is 0 Å². The second kappa shape index (κ2) is 4.76. The van der Waals surface area contributed by atoms with Crippen LogP contribution in [0.25, 0.3) is 11.1 Å². The van der Waals surface area contributed by atoms with Crippen molar-refractivity contribution in [2.75, 3.05) is 0 Å². The van der Waals surface area contributed by atoms with Crippen LogP contribution in [0.15, 0.2) is 23.6 Å². The van der Waals surface area contributed by atoms with Gasteiger partial charge in [-0.25, -0.2) is 0 Å². The molecule has 0 N–H and O–H groups in total. The molecule has 1 heterocycles. The summed E-state index contributed by atoms with van der Waals surface area (Å²) in [5.41, 5.74) is 1.76. The highest BCUT2D eigenvalue weighted by molar-refractivity contribution is 7.12. The quantitative estimate of drug-likeness (QED) is 0.550. The molecule has 0 aliphatic rings. The lowest BCUT2D eigenvalue weighted by Crippen LogP contribution is -1.78. The second-order valence-electron chi connectivity index (χ2n) is 3.11. The topological polar surface area (TPSA) is 17.1 Å². The van der Waals surface area contributed by atoms with Gasteiger partial charge in [0.2, 0.25) is 0 Å². The molecule has 0 bridgehead atoms. The lowest BCUT2D eigenvalue weighted by Gasteiger charge is -2.03. The molecule has 0 fully saturated rings. The normalized spacial score (nSPS) is 10.4. The van der Waals surface area contributed by atoms with E-state index in [-0.39, 0.29) is 0 Å². The van der Waals surface area contributed by atoms with E-state index in [9.17, 15) is 4.79 Å². The SMILES string of the molecule is O=Cc1cc(-c2cc(Cl)c(Cl)c(Cl)c2)cs1. The van der Waals surface area contributed by atoms with Crippen molar-refractivity contribution >= 4 is 52.4 Å². The van der Waals surface area contributed by atoms with E-state index in [4.69, 9.17) is 34.8 Å². The Morgan fingerprint density at radius 3 is 2.12 bits per heavy atom. The number of hydrogen-bond donors (Lipinski definition) is 0. The van der Waals surface area contributed by atoms with E-state index in [1.54, 1.807) is 18.2 Å². The van der Waals surface area contributed by atoms with Crippen LogP contribution in [0, 0.1) is 0 Å². The largest absolute Gasteiger partial charge is 0.297 e. The van der Waals surface area contributed by atoms with Crippen LogP contribution in [0.2, 0.25) is 15.1 Å².